The molecule has 0 heterocycles. The van der Waals surface area contributed by atoms with Gasteiger partial charge in [0, 0.05) is 5.25 Å². The molecule has 0 aliphatic heterocycles. The van der Waals surface area contributed by atoms with Crippen molar-refractivity contribution in [1.29, 1.82) is 0 Å². The molecule has 0 bridgehead atoms. The highest BCUT2D eigenvalue weighted by Gasteiger charge is 2.27. The van der Waals surface area contributed by atoms with E-state index in [-0.39, 0.29) is 0 Å². The fourth-order valence-corrected chi connectivity index (χ4v) is 4.07. The smallest absolute Gasteiger partial charge is 0.00899 e. The van der Waals surface area contributed by atoms with Crippen LogP contribution in [-0.2, 0) is 0 Å². The van der Waals surface area contributed by atoms with Crippen molar-refractivity contribution < 1.29 is 0 Å². The maximum atomic E-state index is 5.86. The van der Waals surface area contributed by atoms with Crippen LogP contribution >= 0.6 is 11.8 Å². The summed E-state index contributed by atoms with van der Waals surface area (Å²) in [5, 5.41) is 0.841. The second-order valence-corrected chi connectivity index (χ2v) is 6.57. The molecule has 0 saturated heterocycles. The molecule has 1 rings (SSSR count). The second kappa shape index (κ2) is 6.80. The number of hydrogen-bond donors (Lipinski definition) is 1. The Kier molecular flexibility index (Phi) is 6.06. The lowest BCUT2D eigenvalue weighted by atomic mass is 9.82. The molecule has 0 aromatic heterocycles. The van der Waals surface area contributed by atoms with E-state index in [1.807, 2.05) is 0 Å². The molecule has 90 valence electrons. The molecule has 4 atom stereocenters. The summed E-state index contributed by atoms with van der Waals surface area (Å²) in [6, 6.07) is 0. The zero-order valence-electron chi connectivity index (χ0n) is 10.5. The maximum Gasteiger partial charge on any atom is 0.00899 e. The van der Waals surface area contributed by atoms with Gasteiger partial charge in [-0.15, -0.1) is 0 Å². The largest absolute Gasteiger partial charge is 0.330 e. The van der Waals surface area contributed by atoms with Gasteiger partial charge in [-0.3, -0.25) is 0 Å². The molecule has 15 heavy (non-hydrogen) atoms. The molecular formula is C13H27NS. The van der Waals surface area contributed by atoms with Gasteiger partial charge in [-0.2, -0.15) is 11.8 Å². The molecule has 2 N–H and O–H groups in total. The summed E-state index contributed by atoms with van der Waals surface area (Å²) in [6.45, 7) is 7.93. The summed E-state index contributed by atoms with van der Waals surface area (Å²) < 4.78 is 0. The van der Waals surface area contributed by atoms with Gasteiger partial charge < -0.3 is 5.73 Å². The van der Waals surface area contributed by atoms with Gasteiger partial charge in [0.05, 0.1) is 0 Å². The maximum absolute atomic E-state index is 5.86. The van der Waals surface area contributed by atoms with Gasteiger partial charge in [0.15, 0.2) is 0 Å². The normalized spacial score (nSPS) is 34.0. The van der Waals surface area contributed by atoms with E-state index in [2.05, 4.69) is 32.5 Å². The molecule has 1 saturated carbocycles. The van der Waals surface area contributed by atoms with Crippen LogP contribution in [0.5, 0.6) is 0 Å². The lowest BCUT2D eigenvalue weighted by Crippen LogP contribution is -2.32. The number of nitrogens with two attached hydrogens (primary N) is 1. The predicted octanol–water partition coefficient (Wildman–Crippen LogP) is 3.53. The monoisotopic (exact) mass is 229 g/mol. The Morgan fingerprint density at radius 1 is 1.40 bits per heavy atom. The molecule has 1 aliphatic rings. The number of hydrogen-bond acceptors (Lipinski definition) is 2. The molecule has 0 spiro atoms. The van der Waals surface area contributed by atoms with Crippen molar-refractivity contribution in [1.82, 2.24) is 0 Å². The summed E-state index contributed by atoms with van der Waals surface area (Å²) in [5.74, 6) is 3.90. The van der Waals surface area contributed by atoms with E-state index in [4.69, 9.17) is 5.73 Å². The zero-order chi connectivity index (χ0) is 11.3. The van der Waals surface area contributed by atoms with Crippen molar-refractivity contribution in [2.75, 3.05) is 12.3 Å². The Morgan fingerprint density at radius 2 is 2.13 bits per heavy atom. The molecule has 2 heteroatoms. The molecule has 0 radical (unpaired) electrons. The van der Waals surface area contributed by atoms with Crippen molar-refractivity contribution >= 4 is 11.8 Å². The Bertz CT molecular complexity index is 172. The molecule has 1 nitrogen and oxygen atoms in total. The predicted molar refractivity (Wildman–Crippen MR) is 71.3 cm³/mol. The van der Waals surface area contributed by atoms with Crippen LogP contribution in [0.4, 0.5) is 0 Å². The van der Waals surface area contributed by atoms with Crippen LogP contribution in [0.15, 0.2) is 0 Å². The molecule has 1 fully saturated rings. The molecular weight excluding hydrogens is 202 g/mol. The van der Waals surface area contributed by atoms with Gasteiger partial charge in [0.2, 0.25) is 0 Å². The second-order valence-electron chi connectivity index (χ2n) is 5.30. The Balaban J connectivity index is 2.34. The van der Waals surface area contributed by atoms with Crippen LogP contribution in [0.2, 0.25) is 0 Å². The molecule has 0 amide bonds. The van der Waals surface area contributed by atoms with E-state index < -0.39 is 0 Å². The first-order chi connectivity index (χ1) is 7.17. The van der Waals surface area contributed by atoms with Gasteiger partial charge in [0.1, 0.15) is 0 Å². The fraction of sp³-hybridized carbons (Fsp3) is 1.00. The number of thioether (sulfide) groups is 1. The van der Waals surface area contributed by atoms with Crippen LogP contribution in [0, 0.1) is 17.8 Å². The minimum atomic E-state index is 0.787. The van der Waals surface area contributed by atoms with Crippen LogP contribution in [-0.4, -0.2) is 17.5 Å². The SMILES string of the molecule is CCC(C)CSC1CC(C)CCC1CN. The molecule has 1 aliphatic carbocycles. The van der Waals surface area contributed by atoms with Crippen molar-refractivity contribution in [2.45, 2.75) is 51.7 Å². The zero-order valence-corrected chi connectivity index (χ0v) is 11.4. The summed E-state index contributed by atoms with van der Waals surface area (Å²) in [6.07, 6.45) is 5.45. The summed E-state index contributed by atoms with van der Waals surface area (Å²) in [5.41, 5.74) is 5.86. The standard InChI is InChI=1S/C13H27NS/c1-4-10(2)9-15-13-7-11(3)5-6-12(13)8-14/h10-13H,4-9,14H2,1-3H3. The van der Waals surface area contributed by atoms with Crippen molar-refractivity contribution in [2.24, 2.45) is 23.5 Å². The van der Waals surface area contributed by atoms with E-state index in [0.29, 0.717) is 0 Å². The third-order valence-corrected chi connectivity index (χ3v) is 5.55. The Morgan fingerprint density at radius 3 is 2.73 bits per heavy atom. The van der Waals surface area contributed by atoms with E-state index >= 15 is 0 Å². The third-order valence-electron chi connectivity index (χ3n) is 3.79. The highest BCUT2D eigenvalue weighted by molar-refractivity contribution is 7.99. The van der Waals surface area contributed by atoms with Crippen molar-refractivity contribution in [3.8, 4) is 0 Å². The first kappa shape index (κ1) is 13.4. The van der Waals surface area contributed by atoms with Gasteiger partial charge in [0.25, 0.3) is 0 Å². The minimum absolute atomic E-state index is 0.787. The van der Waals surface area contributed by atoms with E-state index in [1.54, 1.807) is 0 Å². The fourth-order valence-electron chi connectivity index (χ4n) is 2.27. The summed E-state index contributed by atoms with van der Waals surface area (Å²) in [7, 11) is 0. The highest BCUT2D eigenvalue weighted by Crippen LogP contribution is 2.36. The average molecular weight is 229 g/mol. The topological polar surface area (TPSA) is 26.0 Å². The quantitative estimate of drug-likeness (QED) is 0.780. The highest BCUT2D eigenvalue weighted by atomic mass is 32.2. The average Bonchev–Trinajstić information content (AvgIpc) is 2.26. The lowest BCUT2D eigenvalue weighted by molar-refractivity contribution is 0.306. The van der Waals surface area contributed by atoms with E-state index in [0.717, 1.165) is 29.5 Å². The lowest BCUT2D eigenvalue weighted by Gasteiger charge is -2.34. The first-order valence-electron chi connectivity index (χ1n) is 6.49. The molecule has 4 unspecified atom stereocenters. The van der Waals surface area contributed by atoms with Gasteiger partial charge in [-0.05, 0) is 42.9 Å². The minimum Gasteiger partial charge on any atom is -0.330 e. The van der Waals surface area contributed by atoms with Crippen LogP contribution in [0.1, 0.15) is 46.5 Å². The Labute approximate surface area is 99.6 Å². The van der Waals surface area contributed by atoms with E-state index in [1.165, 1.54) is 31.4 Å². The van der Waals surface area contributed by atoms with Crippen LogP contribution in [0.25, 0.3) is 0 Å². The van der Waals surface area contributed by atoms with E-state index in [9.17, 15) is 0 Å². The number of rotatable bonds is 5. The first-order valence-corrected chi connectivity index (χ1v) is 7.53. The summed E-state index contributed by atoms with van der Waals surface area (Å²) in [4.78, 5) is 0. The molecule has 0 aromatic rings. The van der Waals surface area contributed by atoms with Crippen molar-refractivity contribution in [3.63, 3.8) is 0 Å². The van der Waals surface area contributed by atoms with Gasteiger partial charge in [-0.25, -0.2) is 0 Å². The Hall–Kier alpha value is 0.310. The third kappa shape index (κ3) is 4.36. The van der Waals surface area contributed by atoms with Crippen LogP contribution < -0.4 is 5.73 Å². The van der Waals surface area contributed by atoms with Crippen LogP contribution in [0.3, 0.4) is 0 Å². The van der Waals surface area contributed by atoms with Gasteiger partial charge in [-0.1, -0.05) is 33.6 Å². The molecule has 0 aromatic carbocycles. The van der Waals surface area contributed by atoms with Crippen molar-refractivity contribution in [3.05, 3.63) is 0 Å². The van der Waals surface area contributed by atoms with Gasteiger partial charge >= 0.3 is 0 Å². The summed E-state index contributed by atoms with van der Waals surface area (Å²) >= 11 is 2.19.